The first kappa shape index (κ1) is 15.4. The Labute approximate surface area is 136 Å². The second-order valence-electron chi connectivity index (χ2n) is 5.99. The molecule has 22 heavy (non-hydrogen) atoms. The number of benzene rings is 2. The van der Waals surface area contributed by atoms with Gasteiger partial charge in [-0.3, -0.25) is 0 Å². The molecule has 1 atom stereocenters. The Morgan fingerprint density at radius 1 is 1.23 bits per heavy atom. The summed E-state index contributed by atoms with van der Waals surface area (Å²) in [5, 5.41) is 0.633. The third kappa shape index (κ3) is 2.98. The Kier molecular flexibility index (Phi) is 4.39. The van der Waals surface area contributed by atoms with Gasteiger partial charge in [0.2, 0.25) is 0 Å². The van der Waals surface area contributed by atoms with E-state index >= 15 is 0 Å². The van der Waals surface area contributed by atoms with Gasteiger partial charge in [-0.25, -0.2) is 4.39 Å². The summed E-state index contributed by atoms with van der Waals surface area (Å²) in [4.78, 5) is 0. The summed E-state index contributed by atoms with van der Waals surface area (Å²) < 4.78 is 20.2. The first-order valence-electron chi connectivity index (χ1n) is 7.84. The molecule has 0 spiro atoms. The van der Waals surface area contributed by atoms with E-state index in [4.69, 9.17) is 16.3 Å². The zero-order chi connectivity index (χ0) is 15.7. The monoisotopic (exact) mass is 318 g/mol. The molecule has 1 nitrogen and oxygen atoms in total. The van der Waals surface area contributed by atoms with Gasteiger partial charge in [0.05, 0.1) is 6.10 Å². The van der Waals surface area contributed by atoms with Crippen molar-refractivity contribution in [2.45, 2.75) is 45.6 Å². The topological polar surface area (TPSA) is 9.23 Å². The standard InChI is InChI=1S/C19H20ClFO/c1-3-4-15-7-6-13-10-14(21)11-17(19(13)22-15)16-8-5-12(2)9-18(16)20/h5,8-11,15H,3-4,6-7H2,1-2H3/t15-/m1/s1. The average molecular weight is 319 g/mol. The number of fused-ring (bicyclic) bond motifs is 1. The molecule has 0 bridgehead atoms. The van der Waals surface area contributed by atoms with E-state index < -0.39 is 0 Å². The molecule has 1 heterocycles. The average Bonchev–Trinajstić information content (AvgIpc) is 2.47. The van der Waals surface area contributed by atoms with Crippen molar-refractivity contribution in [3.63, 3.8) is 0 Å². The third-order valence-corrected chi connectivity index (χ3v) is 4.49. The van der Waals surface area contributed by atoms with E-state index in [-0.39, 0.29) is 11.9 Å². The van der Waals surface area contributed by atoms with Crippen molar-refractivity contribution in [3.8, 4) is 16.9 Å². The van der Waals surface area contributed by atoms with Gasteiger partial charge < -0.3 is 4.74 Å². The van der Waals surface area contributed by atoms with E-state index in [1.54, 1.807) is 6.07 Å². The fraction of sp³-hybridized carbons (Fsp3) is 0.368. The van der Waals surface area contributed by atoms with Gasteiger partial charge >= 0.3 is 0 Å². The predicted octanol–water partition coefficient (Wildman–Crippen LogP) is 5.95. The molecule has 0 aliphatic carbocycles. The molecule has 0 fully saturated rings. The largest absolute Gasteiger partial charge is 0.489 e. The molecule has 0 N–H and O–H groups in total. The Hall–Kier alpha value is -1.54. The van der Waals surface area contributed by atoms with Crippen molar-refractivity contribution in [2.24, 2.45) is 0 Å². The van der Waals surface area contributed by atoms with E-state index in [0.717, 1.165) is 53.7 Å². The molecule has 0 saturated carbocycles. The molecule has 2 aromatic rings. The van der Waals surface area contributed by atoms with Gasteiger partial charge in [0.25, 0.3) is 0 Å². The second-order valence-corrected chi connectivity index (χ2v) is 6.40. The number of hydrogen-bond donors (Lipinski definition) is 0. The molecular formula is C19H20ClFO. The summed E-state index contributed by atoms with van der Waals surface area (Å²) in [5.41, 5.74) is 3.63. The highest BCUT2D eigenvalue weighted by molar-refractivity contribution is 6.33. The van der Waals surface area contributed by atoms with Gasteiger partial charge in [0, 0.05) is 16.1 Å². The number of aryl methyl sites for hydroxylation is 2. The third-order valence-electron chi connectivity index (χ3n) is 4.18. The Bertz CT molecular complexity index is 696. The van der Waals surface area contributed by atoms with Crippen molar-refractivity contribution in [1.82, 2.24) is 0 Å². The van der Waals surface area contributed by atoms with Crippen molar-refractivity contribution in [3.05, 3.63) is 52.3 Å². The van der Waals surface area contributed by atoms with Crippen LogP contribution in [0.3, 0.4) is 0 Å². The maximum atomic E-state index is 14.0. The zero-order valence-corrected chi connectivity index (χ0v) is 13.7. The van der Waals surface area contributed by atoms with Crippen LogP contribution < -0.4 is 4.74 Å². The molecular weight excluding hydrogens is 299 g/mol. The van der Waals surface area contributed by atoms with Gasteiger partial charge in [-0.1, -0.05) is 37.1 Å². The van der Waals surface area contributed by atoms with Crippen molar-refractivity contribution in [2.75, 3.05) is 0 Å². The molecule has 2 aromatic carbocycles. The van der Waals surface area contributed by atoms with Crippen LogP contribution in [-0.4, -0.2) is 6.10 Å². The molecule has 0 unspecified atom stereocenters. The highest BCUT2D eigenvalue weighted by Gasteiger charge is 2.24. The van der Waals surface area contributed by atoms with Crippen LogP contribution in [0.5, 0.6) is 5.75 Å². The van der Waals surface area contributed by atoms with Crippen LogP contribution in [0.15, 0.2) is 30.3 Å². The summed E-state index contributed by atoms with van der Waals surface area (Å²) in [6.45, 7) is 4.14. The Morgan fingerprint density at radius 2 is 2.05 bits per heavy atom. The highest BCUT2D eigenvalue weighted by Crippen LogP contribution is 2.41. The van der Waals surface area contributed by atoms with Gasteiger partial charge in [-0.05, 0) is 55.5 Å². The summed E-state index contributed by atoms with van der Waals surface area (Å²) in [6.07, 6.45) is 4.13. The summed E-state index contributed by atoms with van der Waals surface area (Å²) in [7, 11) is 0. The predicted molar refractivity (Wildman–Crippen MR) is 89.2 cm³/mol. The van der Waals surface area contributed by atoms with Crippen molar-refractivity contribution < 1.29 is 9.13 Å². The SMILES string of the molecule is CCC[C@@H]1CCc2cc(F)cc(-c3ccc(C)cc3Cl)c2O1. The molecule has 0 aromatic heterocycles. The minimum absolute atomic E-state index is 0.214. The minimum atomic E-state index is -0.233. The molecule has 0 radical (unpaired) electrons. The quantitative estimate of drug-likeness (QED) is 0.679. The first-order chi connectivity index (χ1) is 10.6. The van der Waals surface area contributed by atoms with E-state index in [0.29, 0.717) is 5.02 Å². The lowest BCUT2D eigenvalue weighted by Crippen LogP contribution is -2.23. The Balaban J connectivity index is 2.10. The number of rotatable bonds is 3. The van der Waals surface area contributed by atoms with E-state index in [1.165, 1.54) is 6.07 Å². The van der Waals surface area contributed by atoms with Crippen LogP contribution in [0, 0.1) is 12.7 Å². The number of halogens is 2. The van der Waals surface area contributed by atoms with Gasteiger partial charge in [0.1, 0.15) is 11.6 Å². The fourth-order valence-electron chi connectivity index (χ4n) is 3.08. The number of ether oxygens (including phenoxy) is 1. The van der Waals surface area contributed by atoms with E-state index in [9.17, 15) is 4.39 Å². The maximum absolute atomic E-state index is 14.0. The first-order valence-corrected chi connectivity index (χ1v) is 8.22. The van der Waals surface area contributed by atoms with Crippen LogP contribution in [0.25, 0.3) is 11.1 Å². The highest BCUT2D eigenvalue weighted by atomic mass is 35.5. The molecule has 0 amide bonds. The molecule has 1 aliphatic heterocycles. The van der Waals surface area contributed by atoms with Gasteiger partial charge in [-0.15, -0.1) is 0 Å². The Morgan fingerprint density at radius 3 is 2.77 bits per heavy atom. The maximum Gasteiger partial charge on any atom is 0.130 e. The minimum Gasteiger partial charge on any atom is -0.489 e. The van der Waals surface area contributed by atoms with Crippen LogP contribution in [0.4, 0.5) is 4.39 Å². The van der Waals surface area contributed by atoms with E-state index in [1.807, 2.05) is 25.1 Å². The summed E-state index contributed by atoms with van der Waals surface area (Å²) in [5.74, 6) is 0.569. The zero-order valence-electron chi connectivity index (χ0n) is 13.0. The summed E-state index contributed by atoms with van der Waals surface area (Å²) in [6, 6.07) is 8.96. The molecule has 3 heteroatoms. The second kappa shape index (κ2) is 6.29. The molecule has 1 aliphatic rings. The van der Waals surface area contributed by atoms with Crippen LogP contribution >= 0.6 is 11.6 Å². The van der Waals surface area contributed by atoms with Crippen LogP contribution in [0.2, 0.25) is 5.02 Å². The summed E-state index contributed by atoms with van der Waals surface area (Å²) >= 11 is 6.38. The number of hydrogen-bond acceptors (Lipinski definition) is 1. The molecule has 0 saturated heterocycles. The lowest BCUT2D eigenvalue weighted by Gasteiger charge is -2.28. The smallest absolute Gasteiger partial charge is 0.130 e. The molecule has 3 rings (SSSR count). The lowest BCUT2D eigenvalue weighted by atomic mass is 9.94. The van der Waals surface area contributed by atoms with Crippen LogP contribution in [0.1, 0.15) is 37.3 Å². The van der Waals surface area contributed by atoms with Gasteiger partial charge in [0.15, 0.2) is 0 Å². The fourth-order valence-corrected chi connectivity index (χ4v) is 3.42. The van der Waals surface area contributed by atoms with Gasteiger partial charge in [-0.2, -0.15) is 0 Å². The normalized spacial score (nSPS) is 17.0. The van der Waals surface area contributed by atoms with E-state index in [2.05, 4.69) is 6.92 Å². The molecule has 116 valence electrons. The van der Waals surface area contributed by atoms with Crippen molar-refractivity contribution >= 4 is 11.6 Å². The lowest BCUT2D eigenvalue weighted by molar-refractivity contribution is 0.163. The van der Waals surface area contributed by atoms with Crippen molar-refractivity contribution in [1.29, 1.82) is 0 Å². The van der Waals surface area contributed by atoms with Crippen LogP contribution in [-0.2, 0) is 6.42 Å².